The van der Waals surface area contributed by atoms with Gasteiger partial charge in [-0.3, -0.25) is 4.79 Å². The summed E-state index contributed by atoms with van der Waals surface area (Å²) in [6, 6.07) is 5.16. The van der Waals surface area contributed by atoms with E-state index in [0.29, 0.717) is 22.9 Å². The van der Waals surface area contributed by atoms with Crippen LogP contribution in [0.2, 0.25) is 5.02 Å². The molecule has 5 heteroatoms. The number of rotatable bonds is 2. The van der Waals surface area contributed by atoms with Crippen LogP contribution in [0.15, 0.2) is 18.2 Å². The first-order valence-electron chi connectivity index (χ1n) is 6.11. The number of hydrogen-bond donors (Lipinski definition) is 2. The SMILES string of the molecule is NCC#Cc1ccc(Cl)cc1NC(=O)C1CCCO1. The number of carbonyl (C=O) groups is 1. The Morgan fingerprint density at radius 2 is 2.42 bits per heavy atom. The van der Waals surface area contributed by atoms with E-state index in [0.717, 1.165) is 12.8 Å². The van der Waals surface area contributed by atoms with E-state index < -0.39 is 0 Å². The Kier molecular flexibility index (Phi) is 4.80. The topological polar surface area (TPSA) is 64.3 Å². The lowest BCUT2D eigenvalue weighted by molar-refractivity contribution is -0.124. The lowest BCUT2D eigenvalue weighted by Gasteiger charge is -2.12. The van der Waals surface area contributed by atoms with Gasteiger partial charge in [0.15, 0.2) is 0 Å². The molecule has 1 amide bonds. The minimum Gasteiger partial charge on any atom is -0.368 e. The van der Waals surface area contributed by atoms with Gasteiger partial charge >= 0.3 is 0 Å². The van der Waals surface area contributed by atoms with Crippen LogP contribution in [0.1, 0.15) is 18.4 Å². The first kappa shape index (κ1) is 13.9. The highest BCUT2D eigenvalue weighted by Crippen LogP contribution is 2.22. The van der Waals surface area contributed by atoms with Crippen molar-refractivity contribution in [3.63, 3.8) is 0 Å². The van der Waals surface area contributed by atoms with Crippen molar-refractivity contribution in [2.24, 2.45) is 5.73 Å². The van der Waals surface area contributed by atoms with Crippen molar-refractivity contribution in [2.75, 3.05) is 18.5 Å². The summed E-state index contributed by atoms with van der Waals surface area (Å²) in [6.07, 6.45) is 1.28. The number of nitrogens with two attached hydrogens (primary N) is 1. The molecule has 1 fully saturated rings. The van der Waals surface area contributed by atoms with Gasteiger partial charge in [0.2, 0.25) is 0 Å². The molecule has 4 nitrogen and oxygen atoms in total. The summed E-state index contributed by atoms with van der Waals surface area (Å²) in [7, 11) is 0. The summed E-state index contributed by atoms with van der Waals surface area (Å²) in [4.78, 5) is 12.0. The molecule has 1 aliphatic rings. The van der Waals surface area contributed by atoms with Crippen molar-refractivity contribution >= 4 is 23.2 Å². The molecule has 1 heterocycles. The Morgan fingerprint density at radius 3 is 3.11 bits per heavy atom. The molecular weight excluding hydrogens is 264 g/mol. The fourth-order valence-corrected chi connectivity index (χ4v) is 2.04. The molecule has 0 spiro atoms. The van der Waals surface area contributed by atoms with Crippen LogP contribution >= 0.6 is 11.6 Å². The fraction of sp³-hybridized carbons (Fsp3) is 0.357. The number of nitrogens with one attached hydrogen (secondary N) is 1. The van der Waals surface area contributed by atoms with Crippen LogP contribution < -0.4 is 11.1 Å². The van der Waals surface area contributed by atoms with Crippen LogP contribution in [-0.4, -0.2) is 25.2 Å². The third-order valence-corrected chi connectivity index (χ3v) is 3.02. The number of anilines is 1. The monoisotopic (exact) mass is 278 g/mol. The van der Waals surface area contributed by atoms with Crippen molar-refractivity contribution in [1.82, 2.24) is 0 Å². The van der Waals surface area contributed by atoms with Crippen molar-refractivity contribution in [3.8, 4) is 11.8 Å². The van der Waals surface area contributed by atoms with Crippen LogP contribution in [0.5, 0.6) is 0 Å². The van der Waals surface area contributed by atoms with Crippen LogP contribution in [0.25, 0.3) is 0 Å². The minimum absolute atomic E-state index is 0.157. The third-order valence-electron chi connectivity index (χ3n) is 2.79. The van der Waals surface area contributed by atoms with E-state index in [1.807, 2.05) is 0 Å². The molecule has 1 saturated heterocycles. The standard InChI is InChI=1S/C14H15ClN2O2/c15-11-6-5-10(3-1-7-16)12(9-11)17-14(18)13-4-2-8-19-13/h5-6,9,13H,2,4,7-8,16H2,(H,17,18). The zero-order valence-electron chi connectivity index (χ0n) is 10.4. The first-order valence-corrected chi connectivity index (χ1v) is 6.49. The number of amides is 1. The molecule has 0 aliphatic carbocycles. The van der Waals surface area contributed by atoms with E-state index >= 15 is 0 Å². The lowest BCUT2D eigenvalue weighted by atomic mass is 10.1. The first-order chi connectivity index (χ1) is 9.20. The minimum atomic E-state index is -0.380. The maximum Gasteiger partial charge on any atom is 0.253 e. The van der Waals surface area contributed by atoms with Gasteiger partial charge in [-0.2, -0.15) is 0 Å². The van der Waals surface area contributed by atoms with E-state index in [2.05, 4.69) is 17.2 Å². The summed E-state index contributed by atoms with van der Waals surface area (Å²) in [5.74, 6) is 5.51. The molecule has 3 N–H and O–H groups in total. The number of hydrogen-bond acceptors (Lipinski definition) is 3. The van der Waals surface area contributed by atoms with Crippen LogP contribution in [0, 0.1) is 11.8 Å². The van der Waals surface area contributed by atoms with Crippen LogP contribution in [0.3, 0.4) is 0 Å². The predicted octanol–water partition coefficient (Wildman–Crippen LogP) is 1.77. The van der Waals surface area contributed by atoms with Gasteiger partial charge in [-0.1, -0.05) is 23.4 Å². The maximum atomic E-state index is 12.0. The highest BCUT2D eigenvalue weighted by molar-refractivity contribution is 6.31. The number of ether oxygens (including phenoxy) is 1. The number of halogens is 1. The second-order valence-electron chi connectivity index (χ2n) is 4.19. The number of carbonyl (C=O) groups excluding carboxylic acids is 1. The summed E-state index contributed by atoms with van der Waals surface area (Å²) >= 11 is 5.94. The summed E-state index contributed by atoms with van der Waals surface area (Å²) in [5.41, 5.74) is 6.64. The molecule has 19 heavy (non-hydrogen) atoms. The van der Waals surface area contributed by atoms with Gasteiger partial charge in [-0.05, 0) is 31.0 Å². The average molecular weight is 279 g/mol. The molecule has 1 aromatic carbocycles. The largest absolute Gasteiger partial charge is 0.368 e. The van der Waals surface area contributed by atoms with Crippen LogP contribution in [0.4, 0.5) is 5.69 Å². The Balaban J connectivity index is 2.17. The van der Waals surface area contributed by atoms with Crippen molar-refractivity contribution in [2.45, 2.75) is 18.9 Å². The number of benzene rings is 1. The molecule has 0 radical (unpaired) electrons. The summed E-state index contributed by atoms with van der Waals surface area (Å²) < 4.78 is 5.34. The van der Waals surface area contributed by atoms with Gasteiger partial charge in [0, 0.05) is 17.2 Å². The van der Waals surface area contributed by atoms with Gasteiger partial charge in [0.25, 0.3) is 5.91 Å². The van der Waals surface area contributed by atoms with Crippen LogP contribution in [-0.2, 0) is 9.53 Å². The molecule has 0 bridgehead atoms. The van der Waals surface area contributed by atoms with Crippen molar-refractivity contribution < 1.29 is 9.53 Å². The molecule has 100 valence electrons. The molecule has 1 aromatic rings. The predicted molar refractivity (Wildman–Crippen MR) is 75.0 cm³/mol. The van der Waals surface area contributed by atoms with Crippen molar-refractivity contribution in [1.29, 1.82) is 0 Å². The molecular formula is C14H15ClN2O2. The van der Waals surface area contributed by atoms with E-state index in [4.69, 9.17) is 22.1 Å². The van der Waals surface area contributed by atoms with E-state index in [1.165, 1.54) is 0 Å². The lowest BCUT2D eigenvalue weighted by Crippen LogP contribution is -2.27. The zero-order chi connectivity index (χ0) is 13.7. The molecule has 1 aliphatic heterocycles. The molecule has 1 atom stereocenters. The van der Waals surface area contributed by atoms with Gasteiger partial charge in [0.1, 0.15) is 6.10 Å². The Morgan fingerprint density at radius 1 is 1.58 bits per heavy atom. The van der Waals surface area contributed by atoms with Gasteiger partial charge < -0.3 is 15.8 Å². The Hall–Kier alpha value is -1.54. The van der Waals surface area contributed by atoms with Gasteiger partial charge in [-0.15, -0.1) is 0 Å². The highest BCUT2D eigenvalue weighted by Gasteiger charge is 2.24. The van der Waals surface area contributed by atoms with E-state index in [-0.39, 0.29) is 18.6 Å². The van der Waals surface area contributed by atoms with Gasteiger partial charge in [0.05, 0.1) is 12.2 Å². The second-order valence-corrected chi connectivity index (χ2v) is 4.62. The van der Waals surface area contributed by atoms with Gasteiger partial charge in [-0.25, -0.2) is 0 Å². The van der Waals surface area contributed by atoms with E-state index in [9.17, 15) is 4.79 Å². The Labute approximate surface area is 117 Å². The smallest absolute Gasteiger partial charge is 0.253 e. The maximum absolute atomic E-state index is 12.0. The third kappa shape index (κ3) is 3.71. The summed E-state index contributed by atoms with van der Waals surface area (Å²) in [6.45, 7) is 0.898. The second kappa shape index (κ2) is 6.58. The highest BCUT2D eigenvalue weighted by atomic mass is 35.5. The normalized spacial score (nSPS) is 17.7. The molecule has 2 rings (SSSR count). The zero-order valence-corrected chi connectivity index (χ0v) is 11.2. The summed E-state index contributed by atoms with van der Waals surface area (Å²) in [5, 5.41) is 3.35. The van der Waals surface area contributed by atoms with E-state index in [1.54, 1.807) is 18.2 Å². The van der Waals surface area contributed by atoms with Crippen molar-refractivity contribution in [3.05, 3.63) is 28.8 Å². The quantitative estimate of drug-likeness (QED) is 0.811. The molecule has 0 saturated carbocycles. The molecule has 0 aromatic heterocycles. The molecule has 1 unspecified atom stereocenters. The average Bonchev–Trinajstić information content (AvgIpc) is 2.92. The fourth-order valence-electron chi connectivity index (χ4n) is 1.87. The Bertz CT molecular complexity index is 528.